The Kier molecular flexibility index (Phi) is 4.62. The Bertz CT molecular complexity index is 713. The van der Waals surface area contributed by atoms with Crippen molar-refractivity contribution in [1.29, 1.82) is 0 Å². The molecule has 0 aliphatic heterocycles. The van der Waals surface area contributed by atoms with E-state index < -0.39 is 20.7 Å². The number of nitrogens with one attached hydrogen (secondary N) is 2. The molecule has 1 heterocycles. The predicted molar refractivity (Wildman–Crippen MR) is 79.1 cm³/mol. The summed E-state index contributed by atoms with van der Waals surface area (Å²) in [5.74, 6) is -0.370. The van der Waals surface area contributed by atoms with Gasteiger partial charge in [-0.3, -0.25) is 9.82 Å². The number of aromatic nitrogens is 2. The van der Waals surface area contributed by atoms with Gasteiger partial charge in [0.2, 0.25) is 0 Å². The molecule has 1 aromatic heterocycles. The van der Waals surface area contributed by atoms with Gasteiger partial charge >= 0.3 is 0 Å². The monoisotopic (exact) mass is 311 g/mol. The van der Waals surface area contributed by atoms with Crippen molar-refractivity contribution in [2.45, 2.75) is 37.5 Å². The highest BCUT2D eigenvalue weighted by atomic mass is 32.2. The third-order valence-electron chi connectivity index (χ3n) is 3.22. The smallest absolute Gasteiger partial charge is 0.266 e. The van der Waals surface area contributed by atoms with Crippen LogP contribution in [-0.2, 0) is 10.0 Å². The van der Waals surface area contributed by atoms with Gasteiger partial charge in [0, 0.05) is 11.8 Å². The maximum atomic E-state index is 13.6. The first-order chi connectivity index (χ1) is 9.94. The van der Waals surface area contributed by atoms with E-state index in [1.807, 2.05) is 6.92 Å². The van der Waals surface area contributed by atoms with Crippen molar-refractivity contribution < 1.29 is 12.8 Å². The predicted octanol–water partition coefficient (Wildman–Crippen LogP) is 3.25. The quantitative estimate of drug-likeness (QED) is 0.860. The maximum Gasteiger partial charge on any atom is 0.266 e. The van der Waals surface area contributed by atoms with Crippen molar-refractivity contribution in [3.63, 3.8) is 0 Å². The van der Waals surface area contributed by atoms with Gasteiger partial charge in [0.25, 0.3) is 10.0 Å². The first-order valence-electron chi connectivity index (χ1n) is 6.76. The van der Waals surface area contributed by atoms with Crippen LogP contribution < -0.4 is 4.72 Å². The Morgan fingerprint density at radius 2 is 2.10 bits per heavy atom. The van der Waals surface area contributed by atoms with Crippen molar-refractivity contribution in [1.82, 2.24) is 10.2 Å². The van der Waals surface area contributed by atoms with Gasteiger partial charge in [-0.25, -0.2) is 12.8 Å². The lowest BCUT2D eigenvalue weighted by atomic mass is 10.0. The number of hydrogen-bond acceptors (Lipinski definition) is 3. The molecule has 0 bridgehead atoms. The van der Waals surface area contributed by atoms with Gasteiger partial charge in [-0.15, -0.1) is 0 Å². The average molecular weight is 311 g/mol. The van der Waals surface area contributed by atoms with Crippen LogP contribution >= 0.6 is 0 Å². The molecule has 2 rings (SSSR count). The van der Waals surface area contributed by atoms with Gasteiger partial charge in [-0.2, -0.15) is 5.10 Å². The number of H-pyrrole nitrogens is 1. The molecule has 7 heteroatoms. The topological polar surface area (TPSA) is 74.8 Å². The molecule has 0 unspecified atom stereocenters. The van der Waals surface area contributed by atoms with Gasteiger partial charge < -0.3 is 0 Å². The zero-order valence-electron chi connectivity index (χ0n) is 11.9. The molecule has 0 spiro atoms. The molecule has 0 radical (unpaired) electrons. The van der Waals surface area contributed by atoms with Crippen LogP contribution in [0.15, 0.2) is 35.2 Å². The van der Waals surface area contributed by atoms with E-state index >= 15 is 0 Å². The van der Waals surface area contributed by atoms with Crippen LogP contribution in [0.2, 0.25) is 0 Å². The number of anilines is 1. The lowest BCUT2D eigenvalue weighted by Crippen LogP contribution is -2.14. The first-order valence-corrected chi connectivity index (χ1v) is 8.25. The summed E-state index contributed by atoms with van der Waals surface area (Å²) in [4.78, 5) is -0.392. The minimum atomic E-state index is -3.98. The fraction of sp³-hybridized carbons (Fsp3) is 0.357. The molecule has 0 saturated carbocycles. The maximum absolute atomic E-state index is 13.6. The molecule has 0 saturated heterocycles. The van der Waals surface area contributed by atoms with Crippen LogP contribution in [0.5, 0.6) is 0 Å². The highest BCUT2D eigenvalue weighted by molar-refractivity contribution is 7.92. The van der Waals surface area contributed by atoms with Gasteiger partial charge in [-0.05, 0) is 24.5 Å². The van der Waals surface area contributed by atoms with E-state index in [4.69, 9.17) is 0 Å². The van der Waals surface area contributed by atoms with Crippen LogP contribution in [0, 0.1) is 5.82 Å². The van der Waals surface area contributed by atoms with Gasteiger partial charge in [0.15, 0.2) is 5.82 Å². The molecule has 0 aliphatic carbocycles. The SMILES string of the molecule is CCC[C@@H](C)c1cc(NS(=O)(=O)c2ccccc2F)n[nH]1. The summed E-state index contributed by atoms with van der Waals surface area (Å²) in [7, 11) is -3.98. The number of rotatable bonds is 6. The summed E-state index contributed by atoms with van der Waals surface area (Å²) in [6, 6.07) is 6.86. The summed E-state index contributed by atoms with van der Waals surface area (Å²) >= 11 is 0. The van der Waals surface area contributed by atoms with E-state index in [-0.39, 0.29) is 11.7 Å². The van der Waals surface area contributed by atoms with E-state index in [0.717, 1.165) is 24.6 Å². The molecule has 1 aromatic carbocycles. The lowest BCUT2D eigenvalue weighted by molar-refractivity contribution is 0.570. The van der Waals surface area contributed by atoms with Gasteiger partial charge in [-0.1, -0.05) is 32.4 Å². The van der Waals surface area contributed by atoms with Crippen molar-refractivity contribution in [2.75, 3.05) is 4.72 Å². The summed E-state index contributed by atoms with van der Waals surface area (Å²) in [5, 5.41) is 6.73. The molecule has 5 nitrogen and oxygen atoms in total. The number of nitrogens with zero attached hydrogens (tertiary/aromatic N) is 1. The van der Waals surface area contributed by atoms with Crippen LogP contribution in [-0.4, -0.2) is 18.6 Å². The average Bonchev–Trinajstić information content (AvgIpc) is 2.87. The third-order valence-corrected chi connectivity index (χ3v) is 4.60. The summed E-state index contributed by atoms with van der Waals surface area (Å²) in [5.41, 5.74) is 0.850. The Labute approximate surface area is 123 Å². The highest BCUT2D eigenvalue weighted by Crippen LogP contribution is 2.22. The molecule has 2 aromatic rings. The fourth-order valence-electron chi connectivity index (χ4n) is 2.09. The Morgan fingerprint density at radius 3 is 2.76 bits per heavy atom. The first kappa shape index (κ1) is 15.5. The fourth-order valence-corrected chi connectivity index (χ4v) is 3.16. The number of aromatic amines is 1. The molecule has 21 heavy (non-hydrogen) atoms. The minimum absolute atomic E-state index is 0.163. The molecular weight excluding hydrogens is 293 g/mol. The zero-order valence-corrected chi connectivity index (χ0v) is 12.7. The Morgan fingerprint density at radius 1 is 1.38 bits per heavy atom. The summed E-state index contributed by atoms with van der Waals surface area (Å²) in [6.07, 6.45) is 2.00. The Hall–Kier alpha value is -1.89. The number of benzene rings is 1. The highest BCUT2D eigenvalue weighted by Gasteiger charge is 2.20. The molecule has 1 atom stereocenters. The zero-order chi connectivity index (χ0) is 15.5. The second-order valence-electron chi connectivity index (χ2n) is 4.93. The second-order valence-corrected chi connectivity index (χ2v) is 6.58. The molecule has 2 N–H and O–H groups in total. The molecular formula is C14H18FN3O2S. The molecule has 0 amide bonds. The van der Waals surface area contributed by atoms with Crippen LogP contribution in [0.3, 0.4) is 0 Å². The van der Waals surface area contributed by atoms with Crippen molar-refractivity contribution in [3.8, 4) is 0 Å². The summed E-state index contributed by atoms with van der Waals surface area (Å²) < 4.78 is 40.1. The van der Waals surface area contributed by atoms with Crippen molar-refractivity contribution >= 4 is 15.8 Å². The number of sulfonamides is 1. The molecule has 114 valence electrons. The molecule has 0 aliphatic rings. The number of halogens is 1. The van der Waals surface area contributed by atoms with E-state index in [1.54, 1.807) is 6.07 Å². The second kappa shape index (κ2) is 6.26. The van der Waals surface area contributed by atoms with Crippen molar-refractivity contribution in [3.05, 3.63) is 41.8 Å². The third kappa shape index (κ3) is 3.60. The number of hydrogen-bond donors (Lipinski definition) is 2. The Balaban J connectivity index is 2.20. The largest absolute Gasteiger partial charge is 0.280 e. The van der Waals surface area contributed by atoms with Gasteiger partial charge in [0.05, 0.1) is 0 Å². The van der Waals surface area contributed by atoms with Crippen LogP contribution in [0.25, 0.3) is 0 Å². The standard InChI is InChI=1S/C14H18FN3O2S/c1-3-6-10(2)12-9-14(17-16-12)18-21(19,20)13-8-5-4-7-11(13)15/h4-5,7-10H,3,6H2,1-2H3,(H2,16,17,18)/t10-/m1/s1. The van der Waals surface area contributed by atoms with Crippen LogP contribution in [0.1, 0.15) is 38.3 Å². The minimum Gasteiger partial charge on any atom is -0.280 e. The molecule has 0 fully saturated rings. The van der Waals surface area contributed by atoms with E-state index in [1.165, 1.54) is 18.2 Å². The summed E-state index contributed by atoms with van der Waals surface area (Å²) in [6.45, 7) is 4.11. The normalized spacial score (nSPS) is 13.1. The lowest BCUT2D eigenvalue weighted by Gasteiger charge is -2.06. The van der Waals surface area contributed by atoms with E-state index in [2.05, 4.69) is 21.8 Å². The van der Waals surface area contributed by atoms with Gasteiger partial charge in [0.1, 0.15) is 10.7 Å². The van der Waals surface area contributed by atoms with Crippen molar-refractivity contribution in [2.24, 2.45) is 0 Å². The van der Waals surface area contributed by atoms with Crippen LogP contribution in [0.4, 0.5) is 10.2 Å². The van der Waals surface area contributed by atoms with E-state index in [9.17, 15) is 12.8 Å². The van der Waals surface area contributed by atoms with E-state index in [0.29, 0.717) is 0 Å².